The maximum absolute atomic E-state index is 9.68. The molecule has 1 aliphatic rings. The molecular weight excluding hydrogens is 212 g/mol. The topological polar surface area (TPSA) is 35.5 Å². The lowest BCUT2D eigenvalue weighted by atomic mass is 10.0. The van der Waals surface area contributed by atoms with Crippen LogP contribution in [0.2, 0.25) is 0 Å². The highest BCUT2D eigenvalue weighted by molar-refractivity contribution is 5.19. The Balaban J connectivity index is 2.16. The second-order valence-electron chi connectivity index (χ2n) is 4.65. The van der Waals surface area contributed by atoms with Gasteiger partial charge in [0.2, 0.25) is 0 Å². The van der Waals surface area contributed by atoms with Crippen LogP contribution in [0.1, 0.15) is 30.9 Å². The minimum Gasteiger partial charge on any atom is -0.394 e. The van der Waals surface area contributed by atoms with Gasteiger partial charge in [-0.25, -0.2) is 0 Å². The van der Waals surface area contributed by atoms with E-state index in [0.29, 0.717) is 6.17 Å². The Hall–Kier alpha value is -0.900. The molecule has 2 rings (SSSR count). The summed E-state index contributed by atoms with van der Waals surface area (Å²) in [5.74, 6) is 0. The van der Waals surface area contributed by atoms with E-state index in [2.05, 4.69) is 22.3 Å². The molecule has 0 radical (unpaired) electrons. The molecule has 1 fully saturated rings. The summed E-state index contributed by atoms with van der Waals surface area (Å²) in [5, 5.41) is 13.0. The monoisotopic (exact) mass is 234 g/mol. The average molecular weight is 234 g/mol. The summed E-state index contributed by atoms with van der Waals surface area (Å²) < 4.78 is 0. The van der Waals surface area contributed by atoms with Gasteiger partial charge in [-0.05, 0) is 31.9 Å². The van der Waals surface area contributed by atoms with Crippen LogP contribution in [0.25, 0.3) is 0 Å². The molecule has 3 nitrogen and oxygen atoms in total. The Kier molecular flexibility index (Phi) is 4.54. The first kappa shape index (κ1) is 12.6. The van der Waals surface area contributed by atoms with E-state index in [1.54, 1.807) is 0 Å². The fourth-order valence-corrected chi connectivity index (χ4v) is 2.71. The van der Waals surface area contributed by atoms with Crippen LogP contribution in [-0.4, -0.2) is 36.4 Å². The SMILES string of the molecule is CN[C@@H]1CCCCN1[C@@H](CO)c1ccccc1. The van der Waals surface area contributed by atoms with Gasteiger partial charge in [0.1, 0.15) is 0 Å². The highest BCUT2D eigenvalue weighted by Crippen LogP contribution is 2.26. The molecule has 1 saturated heterocycles. The van der Waals surface area contributed by atoms with Crippen LogP contribution >= 0.6 is 0 Å². The van der Waals surface area contributed by atoms with Crippen LogP contribution < -0.4 is 5.32 Å². The van der Waals surface area contributed by atoms with E-state index >= 15 is 0 Å². The van der Waals surface area contributed by atoms with Crippen molar-refractivity contribution in [1.29, 1.82) is 0 Å². The third kappa shape index (κ3) is 2.86. The molecule has 0 amide bonds. The summed E-state index contributed by atoms with van der Waals surface area (Å²) >= 11 is 0. The molecule has 1 aromatic rings. The fraction of sp³-hybridized carbons (Fsp3) is 0.571. The Labute approximate surface area is 103 Å². The molecular formula is C14H22N2O. The fourth-order valence-electron chi connectivity index (χ4n) is 2.71. The zero-order chi connectivity index (χ0) is 12.1. The summed E-state index contributed by atoms with van der Waals surface area (Å²) in [7, 11) is 2.00. The third-order valence-electron chi connectivity index (χ3n) is 3.64. The standard InChI is InChI=1S/C14H22N2O/c1-15-14-9-5-6-10-16(14)13(11-17)12-7-3-2-4-8-12/h2-4,7-8,13-15,17H,5-6,9-11H2,1H3/t13-,14-/m0/s1. The minimum atomic E-state index is 0.119. The average Bonchev–Trinajstić information content (AvgIpc) is 2.41. The first-order chi connectivity index (χ1) is 8.36. The Morgan fingerprint density at radius 2 is 2.12 bits per heavy atom. The van der Waals surface area contributed by atoms with Gasteiger partial charge in [-0.1, -0.05) is 30.3 Å². The zero-order valence-electron chi connectivity index (χ0n) is 10.5. The number of aliphatic hydroxyl groups excluding tert-OH is 1. The Morgan fingerprint density at radius 1 is 1.35 bits per heavy atom. The summed E-state index contributed by atoms with van der Waals surface area (Å²) in [6.45, 7) is 1.24. The molecule has 1 heterocycles. The van der Waals surface area contributed by atoms with E-state index in [9.17, 15) is 5.11 Å². The molecule has 0 bridgehead atoms. The van der Waals surface area contributed by atoms with Gasteiger partial charge in [-0.2, -0.15) is 0 Å². The lowest BCUT2D eigenvalue weighted by molar-refractivity contribution is 0.0442. The van der Waals surface area contributed by atoms with Gasteiger partial charge in [-0.15, -0.1) is 0 Å². The number of hydrogen-bond acceptors (Lipinski definition) is 3. The van der Waals surface area contributed by atoms with Gasteiger partial charge in [0.05, 0.1) is 18.8 Å². The van der Waals surface area contributed by atoms with Crippen molar-refractivity contribution >= 4 is 0 Å². The number of likely N-dealkylation sites (tertiary alicyclic amines) is 1. The normalized spacial score (nSPS) is 23.5. The van der Waals surface area contributed by atoms with Crippen LogP contribution in [0.4, 0.5) is 0 Å². The first-order valence-corrected chi connectivity index (χ1v) is 6.45. The number of rotatable bonds is 4. The maximum Gasteiger partial charge on any atom is 0.0629 e. The Bertz CT molecular complexity index is 328. The highest BCUT2D eigenvalue weighted by atomic mass is 16.3. The van der Waals surface area contributed by atoms with Crippen molar-refractivity contribution in [3.05, 3.63) is 35.9 Å². The smallest absolute Gasteiger partial charge is 0.0629 e. The van der Waals surface area contributed by atoms with Gasteiger partial charge in [0.25, 0.3) is 0 Å². The first-order valence-electron chi connectivity index (χ1n) is 6.45. The van der Waals surface area contributed by atoms with Crippen LogP contribution in [-0.2, 0) is 0 Å². The quantitative estimate of drug-likeness (QED) is 0.833. The van der Waals surface area contributed by atoms with Crippen molar-refractivity contribution in [3.8, 4) is 0 Å². The molecule has 0 unspecified atom stereocenters. The predicted octanol–water partition coefficient (Wildman–Crippen LogP) is 1.75. The third-order valence-corrected chi connectivity index (χ3v) is 3.64. The van der Waals surface area contributed by atoms with Crippen molar-refractivity contribution in [1.82, 2.24) is 10.2 Å². The number of nitrogens with zero attached hydrogens (tertiary/aromatic N) is 1. The zero-order valence-corrected chi connectivity index (χ0v) is 10.5. The lowest BCUT2D eigenvalue weighted by Crippen LogP contribution is -2.49. The van der Waals surface area contributed by atoms with Crippen molar-refractivity contribution in [3.63, 3.8) is 0 Å². The van der Waals surface area contributed by atoms with Crippen LogP contribution in [0.5, 0.6) is 0 Å². The molecule has 3 heteroatoms. The minimum absolute atomic E-state index is 0.119. The number of nitrogens with one attached hydrogen (secondary N) is 1. The summed E-state index contributed by atoms with van der Waals surface area (Å²) in [6, 6.07) is 10.4. The summed E-state index contributed by atoms with van der Waals surface area (Å²) in [5.41, 5.74) is 1.21. The van der Waals surface area contributed by atoms with Gasteiger partial charge >= 0.3 is 0 Å². The molecule has 1 aromatic carbocycles. The summed E-state index contributed by atoms with van der Waals surface area (Å²) in [4.78, 5) is 2.39. The molecule has 2 N–H and O–H groups in total. The van der Waals surface area contributed by atoms with Gasteiger partial charge in [0.15, 0.2) is 0 Å². The highest BCUT2D eigenvalue weighted by Gasteiger charge is 2.28. The number of aliphatic hydroxyl groups is 1. The molecule has 0 saturated carbocycles. The molecule has 0 spiro atoms. The lowest BCUT2D eigenvalue weighted by Gasteiger charge is -2.40. The number of piperidine rings is 1. The van der Waals surface area contributed by atoms with Crippen molar-refractivity contribution in [2.75, 3.05) is 20.2 Å². The van der Waals surface area contributed by atoms with Crippen molar-refractivity contribution in [2.24, 2.45) is 0 Å². The van der Waals surface area contributed by atoms with Gasteiger partial charge in [0, 0.05) is 6.54 Å². The van der Waals surface area contributed by atoms with Gasteiger partial charge < -0.3 is 10.4 Å². The van der Waals surface area contributed by atoms with E-state index < -0.39 is 0 Å². The van der Waals surface area contributed by atoms with Gasteiger partial charge in [-0.3, -0.25) is 4.90 Å². The second kappa shape index (κ2) is 6.15. The van der Waals surface area contributed by atoms with Crippen molar-refractivity contribution < 1.29 is 5.11 Å². The molecule has 0 aromatic heterocycles. The predicted molar refractivity (Wildman–Crippen MR) is 69.7 cm³/mol. The van der Waals surface area contributed by atoms with Crippen LogP contribution in [0, 0.1) is 0 Å². The number of hydrogen-bond donors (Lipinski definition) is 2. The molecule has 0 aliphatic carbocycles. The number of benzene rings is 1. The largest absolute Gasteiger partial charge is 0.394 e. The van der Waals surface area contributed by atoms with E-state index in [4.69, 9.17) is 0 Å². The van der Waals surface area contributed by atoms with Crippen LogP contribution in [0.15, 0.2) is 30.3 Å². The Morgan fingerprint density at radius 3 is 2.76 bits per heavy atom. The molecule has 2 atom stereocenters. The van der Waals surface area contributed by atoms with E-state index in [-0.39, 0.29) is 12.6 Å². The summed E-state index contributed by atoms with van der Waals surface area (Å²) in [6.07, 6.45) is 4.05. The second-order valence-corrected chi connectivity index (χ2v) is 4.65. The van der Waals surface area contributed by atoms with E-state index in [1.165, 1.54) is 24.8 Å². The van der Waals surface area contributed by atoms with Crippen molar-refractivity contribution in [2.45, 2.75) is 31.5 Å². The van der Waals surface area contributed by atoms with E-state index in [0.717, 1.165) is 6.54 Å². The molecule has 94 valence electrons. The molecule has 17 heavy (non-hydrogen) atoms. The van der Waals surface area contributed by atoms with Crippen LogP contribution in [0.3, 0.4) is 0 Å². The maximum atomic E-state index is 9.68. The van der Waals surface area contributed by atoms with E-state index in [1.807, 2.05) is 25.2 Å². The molecule has 1 aliphatic heterocycles.